The molecule has 0 aromatic heterocycles. The predicted molar refractivity (Wildman–Crippen MR) is 74.9 cm³/mol. The molecular formula is C13H26N2O3S. The van der Waals surface area contributed by atoms with Gasteiger partial charge in [-0.2, -0.15) is 17.4 Å². The third-order valence-electron chi connectivity index (χ3n) is 4.66. The zero-order chi connectivity index (χ0) is 13.9. The van der Waals surface area contributed by atoms with Crippen molar-refractivity contribution >= 4 is 10.2 Å². The van der Waals surface area contributed by atoms with Gasteiger partial charge in [-0.3, -0.25) is 0 Å². The Morgan fingerprint density at radius 3 is 2.42 bits per heavy atom. The predicted octanol–water partition coefficient (Wildman–Crippen LogP) is 1.25. The largest absolute Gasteiger partial charge is 0.396 e. The maximum absolute atomic E-state index is 12.4. The maximum Gasteiger partial charge on any atom is 0.279 e. The lowest BCUT2D eigenvalue weighted by Crippen LogP contribution is -2.49. The Balaban J connectivity index is 1.96. The van der Waals surface area contributed by atoms with Crippen molar-refractivity contribution < 1.29 is 13.5 Å². The Hall–Kier alpha value is -0.170. The van der Waals surface area contributed by atoms with E-state index in [2.05, 4.69) is 4.72 Å². The van der Waals surface area contributed by atoms with E-state index in [1.807, 2.05) is 0 Å². The van der Waals surface area contributed by atoms with Crippen LogP contribution in [0.3, 0.4) is 0 Å². The van der Waals surface area contributed by atoms with E-state index in [0.717, 1.165) is 44.9 Å². The number of rotatable bonds is 5. The van der Waals surface area contributed by atoms with Crippen LogP contribution in [0.2, 0.25) is 0 Å². The molecular weight excluding hydrogens is 264 g/mol. The minimum Gasteiger partial charge on any atom is -0.396 e. The van der Waals surface area contributed by atoms with E-state index in [9.17, 15) is 13.5 Å². The maximum atomic E-state index is 12.4. The van der Waals surface area contributed by atoms with Crippen LogP contribution in [0.4, 0.5) is 0 Å². The van der Waals surface area contributed by atoms with Crippen LogP contribution in [0.1, 0.15) is 51.4 Å². The second kappa shape index (κ2) is 6.52. The lowest BCUT2D eigenvalue weighted by Gasteiger charge is -2.32. The summed E-state index contributed by atoms with van der Waals surface area (Å²) in [6.45, 7) is 0.0698. The van der Waals surface area contributed by atoms with Crippen molar-refractivity contribution in [2.45, 2.75) is 63.5 Å². The number of aliphatic hydroxyl groups is 1. The van der Waals surface area contributed by atoms with Crippen molar-refractivity contribution in [2.24, 2.45) is 5.92 Å². The van der Waals surface area contributed by atoms with Crippen LogP contribution in [-0.2, 0) is 10.2 Å². The van der Waals surface area contributed by atoms with Gasteiger partial charge in [0, 0.05) is 25.7 Å². The van der Waals surface area contributed by atoms with Crippen LogP contribution < -0.4 is 4.72 Å². The van der Waals surface area contributed by atoms with Gasteiger partial charge in [-0.05, 0) is 31.6 Å². The fourth-order valence-corrected chi connectivity index (χ4v) is 4.79. The smallest absolute Gasteiger partial charge is 0.279 e. The molecule has 0 aliphatic heterocycles. The van der Waals surface area contributed by atoms with Crippen LogP contribution in [0.25, 0.3) is 0 Å². The molecule has 0 spiro atoms. The molecule has 0 radical (unpaired) electrons. The lowest BCUT2D eigenvalue weighted by atomic mass is 9.96. The molecule has 2 saturated carbocycles. The molecule has 0 bridgehead atoms. The highest BCUT2D eigenvalue weighted by Gasteiger charge is 2.34. The van der Waals surface area contributed by atoms with Gasteiger partial charge in [-0.25, -0.2) is 0 Å². The fourth-order valence-electron chi connectivity index (χ4n) is 3.33. The number of aliphatic hydroxyl groups excluding tert-OH is 1. The zero-order valence-corrected chi connectivity index (χ0v) is 12.5. The summed E-state index contributed by atoms with van der Waals surface area (Å²) in [5, 5.41) is 9.27. The fraction of sp³-hybridized carbons (Fsp3) is 1.00. The highest BCUT2D eigenvalue weighted by Crippen LogP contribution is 2.27. The van der Waals surface area contributed by atoms with Crippen LogP contribution in [0.15, 0.2) is 0 Å². The van der Waals surface area contributed by atoms with E-state index in [4.69, 9.17) is 0 Å². The van der Waals surface area contributed by atoms with E-state index in [1.54, 1.807) is 7.05 Å². The molecule has 2 rings (SSSR count). The summed E-state index contributed by atoms with van der Waals surface area (Å²) < 4.78 is 29.1. The van der Waals surface area contributed by atoms with Crippen molar-refractivity contribution in [3.8, 4) is 0 Å². The topological polar surface area (TPSA) is 69.6 Å². The Kier molecular flexibility index (Phi) is 5.22. The highest BCUT2D eigenvalue weighted by molar-refractivity contribution is 7.87. The van der Waals surface area contributed by atoms with E-state index < -0.39 is 10.2 Å². The first-order chi connectivity index (χ1) is 9.04. The molecule has 0 saturated heterocycles. The Morgan fingerprint density at radius 1 is 1.11 bits per heavy atom. The SMILES string of the molecule is CN(C1CCCCC1)S(=O)(=O)NC1CCCC1CO. The van der Waals surface area contributed by atoms with Gasteiger partial charge in [0.25, 0.3) is 10.2 Å². The average molecular weight is 290 g/mol. The van der Waals surface area contributed by atoms with Gasteiger partial charge in [0.15, 0.2) is 0 Å². The number of nitrogens with zero attached hydrogens (tertiary/aromatic N) is 1. The summed E-state index contributed by atoms with van der Waals surface area (Å²) in [6, 6.07) is 0.0428. The summed E-state index contributed by atoms with van der Waals surface area (Å²) in [7, 11) is -1.73. The van der Waals surface area contributed by atoms with Crippen molar-refractivity contribution in [1.29, 1.82) is 0 Å². The zero-order valence-electron chi connectivity index (χ0n) is 11.7. The van der Waals surface area contributed by atoms with Crippen LogP contribution in [0, 0.1) is 5.92 Å². The van der Waals surface area contributed by atoms with E-state index in [1.165, 1.54) is 10.7 Å². The van der Waals surface area contributed by atoms with Gasteiger partial charge in [-0.1, -0.05) is 25.7 Å². The van der Waals surface area contributed by atoms with Gasteiger partial charge in [-0.15, -0.1) is 0 Å². The molecule has 0 aromatic carbocycles. The molecule has 2 unspecified atom stereocenters. The first-order valence-electron chi connectivity index (χ1n) is 7.40. The molecule has 19 heavy (non-hydrogen) atoms. The standard InChI is InChI=1S/C13H26N2O3S/c1-15(12-7-3-2-4-8-12)19(17,18)14-13-9-5-6-11(13)10-16/h11-14,16H,2-10H2,1H3. The van der Waals surface area contributed by atoms with Gasteiger partial charge in [0.05, 0.1) is 0 Å². The Labute approximate surface area is 116 Å². The van der Waals surface area contributed by atoms with Crippen molar-refractivity contribution in [3.05, 3.63) is 0 Å². The van der Waals surface area contributed by atoms with Crippen LogP contribution >= 0.6 is 0 Å². The van der Waals surface area contributed by atoms with Gasteiger partial charge < -0.3 is 5.11 Å². The van der Waals surface area contributed by atoms with Crippen molar-refractivity contribution in [3.63, 3.8) is 0 Å². The van der Waals surface area contributed by atoms with Crippen molar-refractivity contribution in [1.82, 2.24) is 9.03 Å². The highest BCUT2D eigenvalue weighted by atomic mass is 32.2. The second-order valence-corrected chi connectivity index (χ2v) is 7.67. The summed E-state index contributed by atoms with van der Waals surface area (Å²) in [5.74, 6) is 0.0783. The van der Waals surface area contributed by atoms with Crippen molar-refractivity contribution in [2.75, 3.05) is 13.7 Å². The molecule has 2 atom stereocenters. The molecule has 0 heterocycles. The molecule has 0 amide bonds. The Bertz CT molecular complexity index is 379. The lowest BCUT2D eigenvalue weighted by molar-refractivity contribution is 0.211. The molecule has 112 valence electrons. The number of nitrogens with one attached hydrogen (secondary N) is 1. The van der Waals surface area contributed by atoms with E-state index >= 15 is 0 Å². The molecule has 0 aromatic rings. The Morgan fingerprint density at radius 2 is 1.79 bits per heavy atom. The summed E-state index contributed by atoms with van der Waals surface area (Å²) >= 11 is 0. The summed E-state index contributed by atoms with van der Waals surface area (Å²) in [6.07, 6.45) is 8.12. The molecule has 5 nitrogen and oxygen atoms in total. The van der Waals surface area contributed by atoms with Crippen LogP contribution in [-0.4, -0.2) is 43.6 Å². The normalized spacial score (nSPS) is 30.1. The van der Waals surface area contributed by atoms with Crippen LogP contribution in [0.5, 0.6) is 0 Å². The number of hydrogen-bond donors (Lipinski definition) is 2. The minimum atomic E-state index is -3.41. The third kappa shape index (κ3) is 3.68. The van der Waals surface area contributed by atoms with E-state index in [0.29, 0.717) is 0 Å². The van der Waals surface area contributed by atoms with E-state index in [-0.39, 0.29) is 24.6 Å². The summed E-state index contributed by atoms with van der Waals surface area (Å²) in [4.78, 5) is 0. The molecule has 2 aliphatic rings. The molecule has 6 heteroatoms. The molecule has 2 aliphatic carbocycles. The first-order valence-corrected chi connectivity index (χ1v) is 8.84. The quantitative estimate of drug-likeness (QED) is 0.800. The monoisotopic (exact) mass is 290 g/mol. The second-order valence-electron chi connectivity index (χ2n) is 5.91. The number of hydrogen-bond acceptors (Lipinski definition) is 3. The van der Waals surface area contributed by atoms with Gasteiger partial charge >= 0.3 is 0 Å². The third-order valence-corrected chi connectivity index (χ3v) is 6.32. The summed E-state index contributed by atoms with van der Waals surface area (Å²) in [5.41, 5.74) is 0. The van der Waals surface area contributed by atoms with Gasteiger partial charge in [0.2, 0.25) is 0 Å². The van der Waals surface area contributed by atoms with Gasteiger partial charge in [0.1, 0.15) is 0 Å². The molecule has 2 N–H and O–H groups in total. The molecule has 2 fully saturated rings. The first kappa shape index (κ1) is 15.2. The minimum absolute atomic E-state index is 0.0698. The average Bonchev–Trinajstić information content (AvgIpc) is 2.85.